The van der Waals surface area contributed by atoms with Gasteiger partial charge < -0.3 is 14.4 Å². The number of carbonyl (C=O) groups excluding carboxylic acids is 1. The molecule has 0 spiro atoms. The van der Waals surface area contributed by atoms with E-state index in [0.717, 1.165) is 21.5 Å². The van der Waals surface area contributed by atoms with Gasteiger partial charge in [0, 0.05) is 16.7 Å². The number of benzene rings is 2. The summed E-state index contributed by atoms with van der Waals surface area (Å²) in [4.78, 5) is 18.7. The fraction of sp³-hybridized carbons (Fsp3) is 0.211. The van der Waals surface area contributed by atoms with Gasteiger partial charge in [-0.05, 0) is 45.8 Å². The van der Waals surface area contributed by atoms with Gasteiger partial charge in [-0.1, -0.05) is 12.1 Å². The number of ether oxygens (including phenoxy) is 2. The molecule has 0 saturated carbocycles. The molecule has 2 aliphatic heterocycles. The Morgan fingerprint density at radius 2 is 2.08 bits per heavy atom. The summed E-state index contributed by atoms with van der Waals surface area (Å²) < 4.78 is 11.4. The van der Waals surface area contributed by atoms with Gasteiger partial charge in [-0.2, -0.15) is 5.26 Å². The molecule has 0 aliphatic carbocycles. The first-order chi connectivity index (χ1) is 12.6. The molecule has 0 unspecified atom stereocenters. The largest absolute Gasteiger partial charge is 0.454 e. The van der Waals surface area contributed by atoms with Crippen molar-refractivity contribution in [1.82, 2.24) is 4.90 Å². The minimum atomic E-state index is 0.0204. The predicted molar refractivity (Wildman–Crippen MR) is 98.6 cm³/mol. The van der Waals surface area contributed by atoms with Crippen LogP contribution in [0.3, 0.4) is 0 Å². The van der Waals surface area contributed by atoms with Crippen LogP contribution in [0.5, 0.6) is 11.5 Å². The smallest absolute Gasteiger partial charge is 0.231 e. The second-order valence-electron chi connectivity index (χ2n) is 6.04. The Kier molecular flexibility index (Phi) is 4.35. The molecule has 130 valence electrons. The predicted octanol–water partition coefficient (Wildman–Crippen LogP) is 3.55. The van der Waals surface area contributed by atoms with E-state index in [-0.39, 0.29) is 19.1 Å². The van der Waals surface area contributed by atoms with Crippen molar-refractivity contribution in [2.45, 2.75) is 13.0 Å². The molecule has 1 saturated heterocycles. The van der Waals surface area contributed by atoms with Gasteiger partial charge in [-0.25, -0.2) is 0 Å². The van der Waals surface area contributed by atoms with Crippen LogP contribution in [0.15, 0.2) is 45.9 Å². The highest BCUT2D eigenvalue weighted by Gasteiger charge is 2.27. The van der Waals surface area contributed by atoms with E-state index in [1.807, 2.05) is 24.3 Å². The summed E-state index contributed by atoms with van der Waals surface area (Å²) in [6.45, 7) is 1.15. The molecular formula is C19H14BrN3O3. The molecule has 0 atom stereocenters. The maximum Gasteiger partial charge on any atom is 0.231 e. The van der Waals surface area contributed by atoms with Crippen molar-refractivity contribution in [3.05, 3.63) is 52.0 Å². The zero-order valence-electron chi connectivity index (χ0n) is 13.7. The van der Waals surface area contributed by atoms with E-state index in [1.54, 1.807) is 17.0 Å². The zero-order chi connectivity index (χ0) is 18.1. The first kappa shape index (κ1) is 16.6. The number of hydrogen-bond donors (Lipinski definition) is 0. The van der Waals surface area contributed by atoms with Crippen molar-refractivity contribution in [3.8, 4) is 17.6 Å². The van der Waals surface area contributed by atoms with Crippen molar-refractivity contribution in [2.24, 2.45) is 4.99 Å². The average molecular weight is 412 g/mol. The molecule has 0 radical (unpaired) electrons. The molecule has 1 amide bonds. The van der Waals surface area contributed by atoms with Crippen molar-refractivity contribution in [1.29, 1.82) is 5.26 Å². The van der Waals surface area contributed by atoms with Gasteiger partial charge in [0.25, 0.3) is 0 Å². The molecule has 1 fully saturated rings. The van der Waals surface area contributed by atoms with Gasteiger partial charge in [0.2, 0.25) is 12.7 Å². The third-order valence-corrected chi connectivity index (χ3v) is 4.91. The molecule has 2 aromatic carbocycles. The number of nitriles is 1. The van der Waals surface area contributed by atoms with E-state index in [2.05, 4.69) is 27.0 Å². The molecule has 26 heavy (non-hydrogen) atoms. The molecule has 0 aromatic heterocycles. The molecule has 0 N–H and O–H groups in total. The molecule has 6 nitrogen and oxygen atoms in total. The fourth-order valence-electron chi connectivity index (χ4n) is 3.01. The third-order valence-electron chi connectivity index (χ3n) is 4.27. The third kappa shape index (κ3) is 3.16. The van der Waals surface area contributed by atoms with Crippen LogP contribution in [0.2, 0.25) is 0 Å². The number of para-hydroxylation sites is 1. The molecular weight excluding hydrogens is 398 g/mol. The van der Waals surface area contributed by atoms with Crippen molar-refractivity contribution < 1.29 is 14.3 Å². The van der Waals surface area contributed by atoms with Crippen molar-refractivity contribution in [3.63, 3.8) is 0 Å². The Balaban J connectivity index is 1.53. The van der Waals surface area contributed by atoms with E-state index in [4.69, 9.17) is 9.47 Å². The van der Waals surface area contributed by atoms with Gasteiger partial charge >= 0.3 is 0 Å². The molecule has 4 rings (SSSR count). The number of nitrogens with zero attached hydrogens (tertiary/aromatic N) is 3. The molecule has 2 aliphatic rings. The summed E-state index contributed by atoms with van der Waals surface area (Å²) >= 11 is 3.43. The van der Waals surface area contributed by atoms with Crippen LogP contribution in [0.1, 0.15) is 17.5 Å². The minimum absolute atomic E-state index is 0.0204. The Morgan fingerprint density at radius 1 is 1.23 bits per heavy atom. The quantitative estimate of drug-likeness (QED) is 0.773. The van der Waals surface area contributed by atoms with Gasteiger partial charge in [-0.15, -0.1) is 0 Å². The lowest BCUT2D eigenvalue weighted by Crippen LogP contribution is -2.24. The van der Waals surface area contributed by atoms with E-state index in [0.29, 0.717) is 30.1 Å². The van der Waals surface area contributed by atoms with Crippen LogP contribution in [-0.4, -0.2) is 29.9 Å². The van der Waals surface area contributed by atoms with Crippen LogP contribution in [0.4, 0.5) is 5.69 Å². The summed E-state index contributed by atoms with van der Waals surface area (Å²) in [5.74, 6) is 1.45. The fourth-order valence-corrected chi connectivity index (χ4v) is 3.46. The highest BCUT2D eigenvalue weighted by Crippen LogP contribution is 2.33. The van der Waals surface area contributed by atoms with Crippen LogP contribution in [0, 0.1) is 11.3 Å². The first-order valence-corrected chi connectivity index (χ1v) is 8.84. The number of rotatable bonds is 3. The topological polar surface area (TPSA) is 74.9 Å². The number of hydrogen-bond acceptors (Lipinski definition) is 5. The maximum atomic E-state index is 12.4. The van der Waals surface area contributed by atoms with E-state index in [9.17, 15) is 10.1 Å². The number of halogens is 1. The van der Waals surface area contributed by atoms with Crippen LogP contribution in [-0.2, 0) is 11.3 Å². The first-order valence-electron chi connectivity index (χ1n) is 8.05. The standard InChI is InChI=1S/C19H14BrN3O3/c20-15-3-1-2-13(8-21)19(15)22-14-7-18(24)23(10-14)9-12-4-5-16-17(6-12)26-11-25-16/h1-6H,7,9-11H2. The van der Waals surface area contributed by atoms with Crippen LogP contribution < -0.4 is 9.47 Å². The van der Waals surface area contributed by atoms with Crippen molar-refractivity contribution in [2.75, 3.05) is 13.3 Å². The number of aliphatic imine (C=N–C) groups is 1. The summed E-state index contributed by atoms with van der Waals surface area (Å²) in [7, 11) is 0. The Hall–Kier alpha value is -2.85. The summed E-state index contributed by atoms with van der Waals surface area (Å²) in [5.41, 5.74) is 2.78. The second kappa shape index (κ2) is 6.81. The molecule has 7 heteroatoms. The number of fused-ring (bicyclic) bond motifs is 1. The lowest BCUT2D eigenvalue weighted by atomic mass is 10.2. The Labute approximate surface area is 158 Å². The lowest BCUT2D eigenvalue weighted by molar-refractivity contribution is -0.128. The zero-order valence-corrected chi connectivity index (χ0v) is 15.3. The van der Waals surface area contributed by atoms with E-state index < -0.39 is 0 Å². The monoisotopic (exact) mass is 411 g/mol. The van der Waals surface area contributed by atoms with E-state index in [1.165, 1.54) is 0 Å². The minimum Gasteiger partial charge on any atom is -0.454 e. The highest BCUT2D eigenvalue weighted by molar-refractivity contribution is 9.10. The normalized spacial score (nSPS) is 17.0. The van der Waals surface area contributed by atoms with Crippen LogP contribution in [0.25, 0.3) is 0 Å². The van der Waals surface area contributed by atoms with Gasteiger partial charge in [0.05, 0.1) is 24.2 Å². The van der Waals surface area contributed by atoms with E-state index >= 15 is 0 Å². The molecule has 2 heterocycles. The summed E-state index contributed by atoms with van der Waals surface area (Å²) in [6.07, 6.45) is 0.261. The number of amides is 1. The Bertz CT molecular complexity index is 965. The maximum absolute atomic E-state index is 12.4. The summed E-state index contributed by atoms with van der Waals surface area (Å²) in [6, 6.07) is 13.2. The lowest BCUT2D eigenvalue weighted by Gasteiger charge is -2.15. The average Bonchev–Trinajstić information content (AvgIpc) is 3.23. The SMILES string of the molecule is N#Cc1cccc(Br)c1N=C1CC(=O)N(Cc2ccc3c(c2)OCO3)C1. The van der Waals surface area contributed by atoms with Gasteiger partial charge in [-0.3, -0.25) is 9.79 Å². The van der Waals surface area contributed by atoms with Crippen LogP contribution >= 0.6 is 15.9 Å². The molecule has 2 aromatic rings. The van der Waals surface area contributed by atoms with Gasteiger partial charge in [0.15, 0.2) is 11.5 Å². The van der Waals surface area contributed by atoms with Gasteiger partial charge in [0.1, 0.15) is 6.07 Å². The Morgan fingerprint density at radius 3 is 2.92 bits per heavy atom. The summed E-state index contributed by atoms with van der Waals surface area (Å²) in [5, 5.41) is 9.25. The molecule has 0 bridgehead atoms. The number of carbonyl (C=O) groups is 1. The number of likely N-dealkylation sites (tertiary alicyclic amines) is 1. The highest BCUT2D eigenvalue weighted by atomic mass is 79.9. The second-order valence-corrected chi connectivity index (χ2v) is 6.89. The van der Waals surface area contributed by atoms with Crippen molar-refractivity contribution >= 4 is 33.2 Å².